The van der Waals surface area contributed by atoms with Gasteiger partial charge in [0.25, 0.3) is 5.56 Å². The standard InChI is InChI=1S/C17H17ClN4O3/c1-9-4-5-13(11(18)6-9)22-16(23)10-7-14(24-2)15(25-3)8-12(10)20-17(22)21-19/h4-8H,19H2,1-3H3,(H,20,21). The number of methoxy groups -OCH3 is 2. The van der Waals surface area contributed by atoms with E-state index in [1.54, 1.807) is 24.3 Å². The number of hydrogen-bond acceptors (Lipinski definition) is 6. The van der Waals surface area contributed by atoms with Crippen molar-refractivity contribution in [1.82, 2.24) is 9.55 Å². The van der Waals surface area contributed by atoms with E-state index in [0.29, 0.717) is 33.1 Å². The number of halogens is 1. The lowest BCUT2D eigenvalue weighted by Crippen LogP contribution is -2.26. The molecule has 0 spiro atoms. The second-order valence-corrected chi connectivity index (χ2v) is 5.81. The van der Waals surface area contributed by atoms with Gasteiger partial charge in [0, 0.05) is 6.07 Å². The Labute approximate surface area is 148 Å². The van der Waals surface area contributed by atoms with Crippen LogP contribution in [0.4, 0.5) is 5.95 Å². The molecule has 0 aliphatic carbocycles. The summed E-state index contributed by atoms with van der Waals surface area (Å²) in [6, 6.07) is 8.57. The molecule has 0 fully saturated rings. The number of aryl methyl sites for hydroxylation is 1. The van der Waals surface area contributed by atoms with Crippen molar-refractivity contribution in [2.24, 2.45) is 5.84 Å². The van der Waals surface area contributed by atoms with E-state index in [0.717, 1.165) is 5.56 Å². The Morgan fingerprint density at radius 1 is 1.16 bits per heavy atom. The fourth-order valence-electron chi connectivity index (χ4n) is 2.63. The first-order chi connectivity index (χ1) is 12.0. The Kier molecular flexibility index (Phi) is 4.52. The molecule has 1 aromatic heterocycles. The van der Waals surface area contributed by atoms with Crippen LogP contribution in [0.3, 0.4) is 0 Å². The number of rotatable bonds is 4. The summed E-state index contributed by atoms with van der Waals surface area (Å²) in [4.78, 5) is 17.5. The summed E-state index contributed by atoms with van der Waals surface area (Å²) in [6.07, 6.45) is 0. The molecule has 0 amide bonds. The third kappa shape index (κ3) is 2.88. The predicted molar refractivity (Wildman–Crippen MR) is 98.0 cm³/mol. The molecule has 0 saturated carbocycles. The van der Waals surface area contributed by atoms with Gasteiger partial charge in [0.1, 0.15) is 0 Å². The quantitative estimate of drug-likeness (QED) is 0.549. The molecular weight excluding hydrogens is 344 g/mol. The average molecular weight is 361 g/mol. The van der Waals surface area contributed by atoms with Gasteiger partial charge in [0.15, 0.2) is 11.5 Å². The second-order valence-electron chi connectivity index (χ2n) is 5.40. The molecule has 3 aromatic rings. The number of anilines is 1. The number of ether oxygens (including phenoxy) is 2. The highest BCUT2D eigenvalue weighted by molar-refractivity contribution is 6.32. The second kappa shape index (κ2) is 6.62. The molecule has 3 rings (SSSR count). The van der Waals surface area contributed by atoms with Gasteiger partial charge in [-0.25, -0.2) is 15.4 Å². The topological polar surface area (TPSA) is 91.4 Å². The van der Waals surface area contributed by atoms with E-state index >= 15 is 0 Å². The van der Waals surface area contributed by atoms with Gasteiger partial charge >= 0.3 is 0 Å². The van der Waals surface area contributed by atoms with Crippen molar-refractivity contribution < 1.29 is 9.47 Å². The minimum absolute atomic E-state index is 0.162. The summed E-state index contributed by atoms with van der Waals surface area (Å²) in [7, 11) is 3.02. The predicted octanol–water partition coefficient (Wildman–Crippen LogP) is 2.65. The lowest BCUT2D eigenvalue weighted by Gasteiger charge is -2.15. The molecule has 0 bridgehead atoms. The third-order valence-electron chi connectivity index (χ3n) is 3.85. The normalized spacial score (nSPS) is 10.8. The van der Waals surface area contributed by atoms with Crippen LogP contribution in [0.1, 0.15) is 5.56 Å². The van der Waals surface area contributed by atoms with E-state index in [9.17, 15) is 4.79 Å². The fraction of sp³-hybridized carbons (Fsp3) is 0.176. The summed E-state index contributed by atoms with van der Waals surface area (Å²) in [5.41, 5.74) is 4.01. The van der Waals surface area contributed by atoms with Gasteiger partial charge in [0.05, 0.1) is 35.8 Å². The number of nitrogen functional groups attached to an aromatic ring is 1. The van der Waals surface area contributed by atoms with Crippen molar-refractivity contribution in [2.45, 2.75) is 6.92 Å². The molecule has 0 saturated heterocycles. The minimum Gasteiger partial charge on any atom is -0.493 e. The average Bonchev–Trinajstić information content (AvgIpc) is 2.61. The molecule has 2 aromatic carbocycles. The van der Waals surface area contributed by atoms with Gasteiger partial charge in [-0.05, 0) is 30.7 Å². The van der Waals surface area contributed by atoms with Crippen LogP contribution < -0.4 is 26.3 Å². The summed E-state index contributed by atoms with van der Waals surface area (Å²) >= 11 is 6.32. The highest BCUT2D eigenvalue weighted by Crippen LogP contribution is 2.31. The van der Waals surface area contributed by atoms with E-state index in [2.05, 4.69) is 10.4 Å². The van der Waals surface area contributed by atoms with Crippen molar-refractivity contribution in [3.63, 3.8) is 0 Å². The molecule has 0 radical (unpaired) electrons. The van der Waals surface area contributed by atoms with Crippen LogP contribution in [0.5, 0.6) is 11.5 Å². The molecule has 0 aliphatic rings. The van der Waals surface area contributed by atoms with Crippen LogP contribution >= 0.6 is 11.6 Å². The summed E-state index contributed by atoms with van der Waals surface area (Å²) in [5, 5.41) is 0.772. The Bertz CT molecular complexity index is 1020. The van der Waals surface area contributed by atoms with E-state index in [-0.39, 0.29) is 11.5 Å². The van der Waals surface area contributed by atoms with Crippen LogP contribution in [0, 0.1) is 6.92 Å². The summed E-state index contributed by atoms with van der Waals surface area (Å²) < 4.78 is 11.9. The van der Waals surface area contributed by atoms with Crippen LogP contribution in [-0.4, -0.2) is 23.8 Å². The van der Waals surface area contributed by atoms with Crippen LogP contribution in [-0.2, 0) is 0 Å². The molecule has 130 valence electrons. The molecule has 1 heterocycles. The highest BCUT2D eigenvalue weighted by Gasteiger charge is 2.17. The van der Waals surface area contributed by atoms with E-state index < -0.39 is 0 Å². The zero-order chi connectivity index (χ0) is 18.1. The monoisotopic (exact) mass is 360 g/mol. The molecule has 3 N–H and O–H groups in total. The smallest absolute Gasteiger partial charge is 0.267 e. The van der Waals surface area contributed by atoms with Crippen molar-refractivity contribution in [3.05, 3.63) is 51.3 Å². The Morgan fingerprint density at radius 3 is 2.44 bits per heavy atom. The molecule has 0 atom stereocenters. The van der Waals surface area contributed by atoms with E-state index in [1.807, 2.05) is 13.0 Å². The number of aromatic nitrogens is 2. The molecule has 7 nitrogen and oxygen atoms in total. The van der Waals surface area contributed by atoms with Gasteiger partial charge in [-0.15, -0.1) is 0 Å². The maximum atomic E-state index is 13.1. The maximum absolute atomic E-state index is 13.1. The van der Waals surface area contributed by atoms with Gasteiger partial charge < -0.3 is 9.47 Å². The fourth-order valence-corrected chi connectivity index (χ4v) is 2.95. The number of benzene rings is 2. The van der Waals surface area contributed by atoms with Crippen LogP contribution in [0.15, 0.2) is 35.1 Å². The zero-order valence-electron chi connectivity index (χ0n) is 14.0. The van der Waals surface area contributed by atoms with Crippen molar-refractivity contribution >= 4 is 28.5 Å². The Balaban J connectivity index is 2.39. The minimum atomic E-state index is -0.329. The zero-order valence-corrected chi connectivity index (χ0v) is 14.7. The number of hydrogen-bond donors (Lipinski definition) is 2. The molecule has 8 heteroatoms. The van der Waals surface area contributed by atoms with E-state index in [4.69, 9.17) is 26.9 Å². The summed E-state index contributed by atoms with van der Waals surface area (Å²) in [6.45, 7) is 1.91. The number of hydrazine groups is 1. The van der Waals surface area contributed by atoms with Crippen molar-refractivity contribution in [1.29, 1.82) is 0 Å². The first-order valence-electron chi connectivity index (χ1n) is 7.42. The SMILES string of the molecule is COc1cc2nc(NN)n(-c3ccc(C)cc3Cl)c(=O)c2cc1OC. The maximum Gasteiger partial charge on any atom is 0.267 e. The Morgan fingerprint density at radius 2 is 1.84 bits per heavy atom. The van der Waals surface area contributed by atoms with Gasteiger partial charge in [-0.3, -0.25) is 10.2 Å². The largest absolute Gasteiger partial charge is 0.493 e. The third-order valence-corrected chi connectivity index (χ3v) is 4.15. The summed E-state index contributed by atoms with van der Waals surface area (Å²) in [5.74, 6) is 6.65. The molecular formula is C17H17ClN4O3. The number of nitrogens with one attached hydrogen (secondary N) is 1. The molecule has 25 heavy (non-hydrogen) atoms. The van der Waals surface area contributed by atoms with Gasteiger partial charge in [-0.1, -0.05) is 17.7 Å². The lowest BCUT2D eigenvalue weighted by atomic mass is 10.2. The van der Waals surface area contributed by atoms with Gasteiger partial charge in [0.2, 0.25) is 5.95 Å². The van der Waals surface area contributed by atoms with Gasteiger partial charge in [-0.2, -0.15) is 0 Å². The van der Waals surface area contributed by atoms with Crippen molar-refractivity contribution in [2.75, 3.05) is 19.6 Å². The van der Waals surface area contributed by atoms with Crippen molar-refractivity contribution in [3.8, 4) is 17.2 Å². The molecule has 0 aliphatic heterocycles. The first-order valence-corrected chi connectivity index (χ1v) is 7.80. The molecule has 0 unspecified atom stereocenters. The Hall–Kier alpha value is -2.77. The number of fused-ring (bicyclic) bond motifs is 1. The highest BCUT2D eigenvalue weighted by atomic mass is 35.5. The first kappa shape index (κ1) is 17.1. The van der Waals surface area contributed by atoms with E-state index in [1.165, 1.54) is 18.8 Å². The van der Waals surface area contributed by atoms with Crippen LogP contribution in [0.25, 0.3) is 16.6 Å². The number of nitrogens with two attached hydrogens (primary N) is 1. The van der Waals surface area contributed by atoms with Crippen LogP contribution in [0.2, 0.25) is 5.02 Å². The number of nitrogens with zero attached hydrogens (tertiary/aromatic N) is 2. The lowest BCUT2D eigenvalue weighted by molar-refractivity contribution is 0.355.